The molecule has 3 rings (SSSR count). The molecule has 1 aliphatic rings. The first kappa shape index (κ1) is 20.4. The summed E-state index contributed by atoms with van der Waals surface area (Å²) in [6.07, 6.45) is 2.74. The van der Waals surface area contributed by atoms with Crippen LogP contribution in [0.25, 0.3) is 5.76 Å². The number of benzene rings is 2. The van der Waals surface area contributed by atoms with Crippen molar-refractivity contribution < 1.29 is 14.3 Å². The molecule has 2 aromatic rings. The van der Waals surface area contributed by atoms with Crippen molar-refractivity contribution in [3.8, 4) is 6.07 Å². The first-order valence-electron chi connectivity index (χ1n) is 9.65. The smallest absolute Gasteiger partial charge is 0.330 e. The predicted molar refractivity (Wildman–Crippen MR) is 113 cm³/mol. The highest BCUT2D eigenvalue weighted by molar-refractivity contribution is 5.82. The van der Waals surface area contributed by atoms with Crippen LogP contribution in [0.3, 0.4) is 0 Å². The van der Waals surface area contributed by atoms with E-state index in [9.17, 15) is 10.1 Å². The highest BCUT2D eigenvalue weighted by Crippen LogP contribution is 2.44. The summed E-state index contributed by atoms with van der Waals surface area (Å²) in [6, 6.07) is 18.6. The number of aryl methyl sites for hydroxylation is 2. The number of carbonyl (C=O) groups is 1. The topological polar surface area (TPSA) is 59.3 Å². The molecule has 0 bridgehead atoms. The second kappa shape index (κ2) is 8.79. The number of methoxy groups -OCH3 is 1. The van der Waals surface area contributed by atoms with Gasteiger partial charge >= 0.3 is 5.97 Å². The fourth-order valence-corrected chi connectivity index (χ4v) is 3.65. The van der Waals surface area contributed by atoms with Gasteiger partial charge in [0.15, 0.2) is 0 Å². The zero-order valence-corrected chi connectivity index (χ0v) is 17.2. The van der Waals surface area contributed by atoms with Gasteiger partial charge < -0.3 is 9.47 Å². The van der Waals surface area contributed by atoms with Crippen LogP contribution in [0.4, 0.5) is 0 Å². The van der Waals surface area contributed by atoms with E-state index in [2.05, 4.69) is 30.3 Å². The number of allylic oxidation sites excluding steroid dienone is 1. The van der Waals surface area contributed by atoms with E-state index < -0.39 is 5.97 Å². The molecule has 0 saturated carbocycles. The summed E-state index contributed by atoms with van der Waals surface area (Å²) >= 11 is 0. The van der Waals surface area contributed by atoms with E-state index in [0.29, 0.717) is 11.3 Å². The average molecular weight is 387 g/mol. The maximum Gasteiger partial charge on any atom is 0.330 e. The fraction of sp³-hybridized carbons (Fsp3) is 0.280. The molecule has 29 heavy (non-hydrogen) atoms. The summed E-state index contributed by atoms with van der Waals surface area (Å²) in [7, 11) is 1.35. The van der Waals surface area contributed by atoms with E-state index in [1.54, 1.807) is 6.08 Å². The third-order valence-corrected chi connectivity index (χ3v) is 5.35. The Morgan fingerprint density at radius 3 is 2.21 bits per heavy atom. The van der Waals surface area contributed by atoms with Crippen molar-refractivity contribution in [3.05, 3.63) is 88.5 Å². The molecule has 0 radical (unpaired) electrons. The van der Waals surface area contributed by atoms with Crippen molar-refractivity contribution in [1.29, 1.82) is 5.26 Å². The van der Waals surface area contributed by atoms with E-state index in [1.165, 1.54) is 13.2 Å². The van der Waals surface area contributed by atoms with Crippen LogP contribution >= 0.6 is 0 Å². The molecular formula is C25H25NO3. The molecule has 0 spiro atoms. The molecule has 0 fully saturated rings. The third kappa shape index (κ3) is 4.41. The second-order valence-electron chi connectivity index (χ2n) is 7.43. The highest BCUT2D eigenvalue weighted by Gasteiger charge is 2.38. The molecule has 1 aliphatic heterocycles. The van der Waals surface area contributed by atoms with Crippen LogP contribution in [0.15, 0.2) is 66.3 Å². The predicted octanol–water partition coefficient (Wildman–Crippen LogP) is 5.09. The fourth-order valence-electron chi connectivity index (χ4n) is 3.65. The van der Waals surface area contributed by atoms with Crippen LogP contribution in [0.2, 0.25) is 0 Å². The first-order chi connectivity index (χ1) is 13.9. The Bertz CT molecular complexity index is 978. The minimum Gasteiger partial charge on any atom is -0.484 e. The van der Waals surface area contributed by atoms with Gasteiger partial charge in [0, 0.05) is 23.5 Å². The van der Waals surface area contributed by atoms with Gasteiger partial charge in [0.25, 0.3) is 0 Å². The quantitative estimate of drug-likeness (QED) is 0.542. The minimum absolute atomic E-state index is 0.0394. The third-order valence-electron chi connectivity index (χ3n) is 5.35. The van der Waals surface area contributed by atoms with E-state index in [1.807, 2.05) is 45.0 Å². The Morgan fingerprint density at radius 1 is 1.07 bits per heavy atom. The van der Waals surface area contributed by atoms with Crippen molar-refractivity contribution in [2.24, 2.45) is 5.92 Å². The van der Waals surface area contributed by atoms with Crippen molar-refractivity contribution in [2.75, 3.05) is 7.11 Å². The molecule has 0 saturated heterocycles. The van der Waals surface area contributed by atoms with Crippen molar-refractivity contribution in [1.82, 2.24) is 0 Å². The number of nitrogens with zero attached hydrogens (tertiary/aromatic N) is 1. The summed E-state index contributed by atoms with van der Waals surface area (Å²) in [5.41, 5.74) is 4.82. The lowest BCUT2D eigenvalue weighted by Gasteiger charge is -2.36. The molecule has 2 aromatic carbocycles. The molecule has 0 N–H and O–H groups in total. The Morgan fingerprint density at radius 2 is 1.66 bits per heavy atom. The zero-order chi connectivity index (χ0) is 21.0. The van der Waals surface area contributed by atoms with Crippen LogP contribution < -0.4 is 0 Å². The van der Waals surface area contributed by atoms with Crippen LogP contribution in [-0.4, -0.2) is 19.2 Å². The van der Waals surface area contributed by atoms with E-state index in [0.717, 1.165) is 22.3 Å². The van der Waals surface area contributed by atoms with Crippen molar-refractivity contribution >= 4 is 11.7 Å². The van der Waals surface area contributed by atoms with Gasteiger partial charge in [0.05, 0.1) is 18.8 Å². The molecule has 0 amide bonds. The first-order valence-corrected chi connectivity index (χ1v) is 9.65. The van der Waals surface area contributed by atoms with Gasteiger partial charge in [-0.25, -0.2) is 4.79 Å². The van der Waals surface area contributed by atoms with E-state index in [-0.39, 0.29) is 17.9 Å². The number of carbonyl (C=O) groups excluding carboxylic acids is 1. The number of hydrogen-bond donors (Lipinski definition) is 0. The number of rotatable bonds is 4. The van der Waals surface area contributed by atoms with E-state index >= 15 is 0 Å². The molecule has 148 valence electrons. The Labute approximate surface area is 172 Å². The zero-order valence-electron chi connectivity index (χ0n) is 17.2. The normalized spacial score (nSPS) is 21.6. The Hall–Kier alpha value is -3.32. The average Bonchev–Trinajstić information content (AvgIpc) is 2.73. The second-order valence-corrected chi connectivity index (χ2v) is 7.43. The van der Waals surface area contributed by atoms with Gasteiger partial charge in [0.2, 0.25) is 0 Å². The van der Waals surface area contributed by atoms with Crippen molar-refractivity contribution in [3.63, 3.8) is 0 Å². The number of nitriles is 1. The van der Waals surface area contributed by atoms with Crippen LogP contribution in [0, 0.1) is 31.1 Å². The summed E-state index contributed by atoms with van der Waals surface area (Å²) < 4.78 is 11.0. The summed E-state index contributed by atoms with van der Waals surface area (Å²) in [6.45, 7) is 6.10. The maximum atomic E-state index is 11.6. The Balaban J connectivity index is 2.13. The van der Waals surface area contributed by atoms with Gasteiger partial charge in [-0.1, -0.05) is 66.6 Å². The molecule has 3 atom stereocenters. The summed E-state index contributed by atoms with van der Waals surface area (Å²) in [4.78, 5) is 11.6. The van der Waals surface area contributed by atoms with Gasteiger partial charge in [-0.2, -0.15) is 5.26 Å². The lowest BCUT2D eigenvalue weighted by atomic mass is 9.76. The number of ether oxygens (including phenoxy) is 2. The maximum absolute atomic E-state index is 11.6. The molecule has 1 heterocycles. The van der Waals surface area contributed by atoms with Gasteiger partial charge in [-0.3, -0.25) is 0 Å². The van der Waals surface area contributed by atoms with Gasteiger partial charge in [0.1, 0.15) is 11.9 Å². The van der Waals surface area contributed by atoms with Crippen LogP contribution in [-0.2, 0) is 14.3 Å². The van der Waals surface area contributed by atoms with Gasteiger partial charge in [-0.15, -0.1) is 0 Å². The number of esters is 1. The molecule has 4 nitrogen and oxygen atoms in total. The van der Waals surface area contributed by atoms with Crippen LogP contribution in [0.5, 0.6) is 0 Å². The highest BCUT2D eigenvalue weighted by atomic mass is 16.5. The van der Waals surface area contributed by atoms with Gasteiger partial charge in [-0.05, 0) is 25.5 Å². The molecule has 3 unspecified atom stereocenters. The lowest BCUT2D eigenvalue weighted by molar-refractivity contribution is -0.134. The SMILES string of the molecule is COC(=O)/C=C/C1OC(c2ccc(C)cc2)=C(C#N)C(c2ccc(C)cc2)C1C. The minimum atomic E-state index is -0.431. The molecular weight excluding hydrogens is 362 g/mol. The number of hydrogen-bond acceptors (Lipinski definition) is 4. The summed E-state index contributed by atoms with van der Waals surface area (Å²) in [5, 5.41) is 10.0. The monoisotopic (exact) mass is 387 g/mol. The summed E-state index contributed by atoms with van der Waals surface area (Å²) in [5.74, 6) is -0.0456. The molecule has 4 heteroatoms. The largest absolute Gasteiger partial charge is 0.484 e. The van der Waals surface area contributed by atoms with Crippen molar-refractivity contribution in [2.45, 2.75) is 32.8 Å². The lowest BCUT2D eigenvalue weighted by Crippen LogP contribution is -2.31. The standard InChI is InChI=1S/C25H25NO3/c1-16-5-9-19(10-6-16)24-18(3)22(13-14-23(27)28-4)29-25(21(24)15-26)20-11-7-17(2)8-12-20/h5-14,18,22,24H,1-4H3/b14-13+. The van der Waals surface area contributed by atoms with Crippen LogP contribution in [0.1, 0.15) is 35.1 Å². The van der Waals surface area contributed by atoms with E-state index in [4.69, 9.17) is 9.47 Å². The Kier molecular flexibility index (Phi) is 6.19. The molecule has 0 aromatic heterocycles. The molecule has 0 aliphatic carbocycles.